The van der Waals surface area contributed by atoms with Crippen molar-refractivity contribution in [1.29, 1.82) is 0 Å². The first-order valence-corrected chi connectivity index (χ1v) is 6.17. The van der Waals surface area contributed by atoms with Gasteiger partial charge < -0.3 is 24.5 Å². The van der Waals surface area contributed by atoms with Gasteiger partial charge in [0.15, 0.2) is 0 Å². The Kier molecular flexibility index (Phi) is 4.41. The third-order valence-corrected chi connectivity index (χ3v) is 3.11. The van der Waals surface area contributed by atoms with Crippen LogP contribution in [0.15, 0.2) is 24.3 Å². The van der Waals surface area contributed by atoms with Crippen molar-refractivity contribution in [1.82, 2.24) is 9.80 Å². The number of benzene rings is 1. The van der Waals surface area contributed by atoms with Gasteiger partial charge in [0, 0.05) is 31.7 Å². The van der Waals surface area contributed by atoms with E-state index in [9.17, 15) is 4.79 Å². The first-order valence-electron chi connectivity index (χ1n) is 6.17. The van der Waals surface area contributed by atoms with Gasteiger partial charge in [-0.3, -0.25) is 4.79 Å². The zero-order valence-electron chi connectivity index (χ0n) is 10.8. The van der Waals surface area contributed by atoms with Crippen molar-refractivity contribution in [2.75, 3.05) is 33.2 Å². The standard InChI is InChI=1S/C12H17BN2O4/c1-14-5-7-15(8-6-14)12(16)10-3-2-4-11(9-10)19-13(17)18/h2-4,9,17-18H,5-8H2,1H3. The molecule has 19 heavy (non-hydrogen) atoms. The maximum absolute atomic E-state index is 12.3. The Morgan fingerprint density at radius 1 is 1.26 bits per heavy atom. The van der Waals surface area contributed by atoms with Gasteiger partial charge in [0.25, 0.3) is 5.91 Å². The minimum absolute atomic E-state index is 0.0639. The van der Waals surface area contributed by atoms with Crippen LogP contribution in [0.25, 0.3) is 0 Å². The highest BCUT2D eigenvalue weighted by Gasteiger charge is 2.21. The van der Waals surface area contributed by atoms with Crippen LogP contribution >= 0.6 is 0 Å². The fourth-order valence-electron chi connectivity index (χ4n) is 2.02. The maximum atomic E-state index is 12.3. The van der Waals surface area contributed by atoms with E-state index in [1.165, 1.54) is 6.07 Å². The van der Waals surface area contributed by atoms with Crippen LogP contribution in [0.3, 0.4) is 0 Å². The summed E-state index contributed by atoms with van der Waals surface area (Å²) in [6.45, 7) is 3.11. The summed E-state index contributed by atoms with van der Waals surface area (Å²) in [6.07, 6.45) is 0. The molecule has 1 aliphatic rings. The van der Waals surface area contributed by atoms with Crippen LogP contribution in [-0.4, -0.2) is 66.3 Å². The minimum atomic E-state index is -1.88. The van der Waals surface area contributed by atoms with Gasteiger partial charge in [0.05, 0.1) is 0 Å². The van der Waals surface area contributed by atoms with E-state index in [2.05, 4.69) is 4.90 Å². The van der Waals surface area contributed by atoms with E-state index in [0.29, 0.717) is 18.7 Å². The lowest BCUT2D eigenvalue weighted by molar-refractivity contribution is 0.0663. The van der Waals surface area contributed by atoms with Gasteiger partial charge in [0.2, 0.25) is 0 Å². The number of amides is 1. The molecule has 2 rings (SSSR count). The van der Waals surface area contributed by atoms with Crippen LogP contribution in [0.1, 0.15) is 10.4 Å². The first kappa shape index (κ1) is 13.9. The number of carbonyl (C=O) groups is 1. The zero-order chi connectivity index (χ0) is 13.8. The lowest BCUT2D eigenvalue weighted by Gasteiger charge is -2.32. The van der Waals surface area contributed by atoms with Crippen molar-refractivity contribution < 1.29 is 19.5 Å². The molecule has 0 radical (unpaired) electrons. The molecular weight excluding hydrogens is 247 g/mol. The van der Waals surface area contributed by atoms with Gasteiger partial charge in [0.1, 0.15) is 5.75 Å². The number of nitrogens with zero attached hydrogens (tertiary/aromatic N) is 2. The molecule has 1 aliphatic heterocycles. The zero-order valence-corrected chi connectivity index (χ0v) is 10.8. The quantitative estimate of drug-likeness (QED) is 0.715. The molecule has 0 aromatic heterocycles. The third-order valence-electron chi connectivity index (χ3n) is 3.11. The van der Waals surface area contributed by atoms with Crippen molar-refractivity contribution in [2.45, 2.75) is 0 Å². The number of carbonyl (C=O) groups excluding carboxylic acids is 1. The maximum Gasteiger partial charge on any atom is 0.707 e. The van der Waals surface area contributed by atoms with Gasteiger partial charge >= 0.3 is 7.32 Å². The smallest absolute Gasteiger partial charge is 0.512 e. The van der Waals surface area contributed by atoms with Gasteiger partial charge in [-0.15, -0.1) is 0 Å². The summed E-state index contributed by atoms with van der Waals surface area (Å²) < 4.78 is 4.74. The number of likely N-dealkylation sites (N-methyl/N-ethyl adjacent to an activating group) is 1. The van der Waals surface area contributed by atoms with Crippen LogP contribution in [0, 0.1) is 0 Å². The van der Waals surface area contributed by atoms with Gasteiger partial charge in [-0.25, -0.2) is 0 Å². The topological polar surface area (TPSA) is 73.2 Å². The fraction of sp³-hybridized carbons (Fsp3) is 0.417. The van der Waals surface area contributed by atoms with E-state index in [-0.39, 0.29) is 11.7 Å². The molecule has 1 amide bonds. The van der Waals surface area contributed by atoms with E-state index >= 15 is 0 Å². The Hall–Kier alpha value is -1.57. The Morgan fingerprint density at radius 2 is 1.95 bits per heavy atom. The normalized spacial score (nSPS) is 16.3. The molecule has 0 atom stereocenters. The lowest BCUT2D eigenvalue weighted by Crippen LogP contribution is -2.47. The molecule has 0 spiro atoms. The molecule has 1 fully saturated rings. The van der Waals surface area contributed by atoms with Gasteiger partial charge in [-0.1, -0.05) is 6.07 Å². The first-order chi connectivity index (χ1) is 9.06. The van der Waals surface area contributed by atoms with Crippen molar-refractivity contribution in [2.24, 2.45) is 0 Å². The monoisotopic (exact) mass is 264 g/mol. The van der Waals surface area contributed by atoms with Gasteiger partial charge in [-0.2, -0.15) is 0 Å². The average molecular weight is 264 g/mol. The number of hydrogen-bond acceptors (Lipinski definition) is 5. The van der Waals surface area contributed by atoms with Crippen molar-refractivity contribution in [3.63, 3.8) is 0 Å². The second kappa shape index (κ2) is 6.05. The number of piperazine rings is 1. The average Bonchev–Trinajstić information content (AvgIpc) is 2.38. The Balaban J connectivity index is 2.06. The summed E-state index contributed by atoms with van der Waals surface area (Å²) in [5.74, 6) is 0.195. The van der Waals surface area contributed by atoms with Crippen LogP contribution in [0.2, 0.25) is 0 Å². The summed E-state index contributed by atoms with van der Waals surface area (Å²) in [5.41, 5.74) is 0.489. The van der Waals surface area contributed by atoms with Crippen LogP contribution < -0.4 is 4.65 Å². The molecule has 1 heterocycles. The minimum Gasteiger partial charge on any atom is -0.512 e. The van der Waals surface area contributed by atoms with E-state index in [4.69, 9.17) is 14.7 Å². The molecule has 6 nitrogen and oxygen atoms in total. The van der Waals surface area contributed by atoms with Crippen LogP contribution in [0.5, 0.6) is 5.75 Å². The van der Waals surface area contributed by atoms with Crippen molar-refractivity contribution >= 4 is 13.2 Å². The molecule has 0 aliphatic carbocycles. The van der Waals surface area contributed by atoms with Crippen LogP contribution in [0.4, 0.5) is 0 Å². The number of rotatable bonds is 3. The van der Waals surface area contributed by atoms with E-state index in [0.717, 1.165) is 13.1 Å². The van der Waals surface area contributed by atoms with Crippen molar-refractivity contribution in [3.05, 3.63) is 29.8 Å². The molecule has 1 aromatic carbocycles. The summed E-state index contributed by atoms with van der Waals surface area (Å²) in [7, 11) is 0.146. The molecule has 0 saturated carbocycles. The molecule has 2 N–H and O–H groups in total. The van der Waals surface area contributed by atoms with Gasteiger partial charge in [-0.05, 0) is 25.2 Å². The highest BCUT2D eigenvalue weighted by molar-refractivity contribution is 6.33. The van der Waals surface area contributed by atoms with Crippen molar-refractivity contribution in [3.8, 4) is 5.75 Å². The summed E-state index contributed by atoms with van der Waals surface area (Å²) in [4.78, 5) is 16.2. The Morgan fingerprint density at radius 3 is 2.58 bits per heavy atom. The Labute approximate surface area is 112 Å². The fourth-order valence-corrected chi connectivity index (χ4v) is 2.02. The largest absolute Gasteiger partial charge is 0.707 e. The molecule has 7 heteroatoms. The predicted molar refractivity (Wildman–Crippen MR) is 70.7 cm³/mol. The summed E-state index contributed by atoms with van der Waals surface area (Å²) >= 11 is 0. The molecule has 1 saturated heterocycles. The SMILES string of the molecule is CN1CCN(C(=O)c2cccc(OB(O)O)c2)CC1. The van der Waals surface area contributed by atoms with E-state index in [1.54, 1.807) is 23.1 Å². The molecule has 0 bridgehead atoms. The second-order valence-electron chi connectivity index (χ2n) is 4.57. The summed E-state index contributed by atoms with van der Waals surface area (Å²) in [6, 6.07) is 6.43. The highest BCUT2D eigenvalue weighted by atomic mass is 16.6. The molecule has 0 unspecified atom stereocenters. The third kappa shape index (κ3) is 3.70. The second-order valence-corrected chi connectivity index (χ2v) is 4.57. The molecule has 1 aromatic rings. The van der Waals surface area contributed by atoms with E-state index in [1.807, 2.05) is 7.05 Å². The molecule has 102 valence electrons. The number of hydrogen-bond donors (Lipinski definition) is 2. The highest BCUT2D eigenvalue weighted by Crippen LogP contribution is 2.16. The lowest BCUT2D eigenvalue weighted by atomic mass is 10.1. The predicted octanol–water partition coefficient (Wildman–Crippen LogP) is -0.578. The Bertz CT molecular complexity index is 447. The molecular formula is C12H17BN2O4. The summed E-state index contributed by atoms with van der Waals surface area (Å²) in [5, 5.41) is 17.5. The van der Waals surface area contributed by atoms with Crippen LogP contribution in [-0.2, 0) is 0 Å². The van der Waals surface area contributed by atoms with E-state index < -0.39 is 7.32 Å².